The summed E-state index contributed by atoms with van der Waals surface area (Å²) in [6.07, 6.45) is 9.61. The van der Waals surface area contributed by atoms with E-state index < -0.39 is 5.97 Å². The summed E-state index contributed by atoms with van der Waals surface area (Å²) in [5, 5.41) is 9.58. The molecule has 2 aliphatic heterocycles. The molecule has 4 heteroatoms. The minimum atomic E-state index is -0.581. The summed E-state index contributed by atoms with van der Waals surface area (Å²) in [7, 11) is 0. The van der Waals surface area contributed by atoms with Gasteiger partial charge in [0.2, 0.25) is 0 Å². The Balaban J connectivity index is 1.80. The molecule has 0 aromatic heterocycles. The van der Waals surface area contributed by atoms with Gasteiger partial charge >= 0.3 is 5.97 Å². The Morgan fingerprint density at radius 2 is 1.74 bits per heavy atom. The number of piperidine rings is 1. The van der Waals surface area contributed by atoms with Crippen molar-refractivity contribution in [2.45, 2.75) is 69.5 Å². The monoisotopic (exact) mass is 283 g/mol. The standard InChI is InChI=1S/C15H25NO2S/c17-15(18)14-6-5-11-3-1-2-4-13(11)16(14)12-7-9-19-10-8-12/h11-14H,1-10H2,(H,17,18). The Hall–Kier alpha value is -0.220. The molecule has 0 aromatic carbocycles. The Kier molecular flexibility index (Phi) is 4.37. The molecule has 1 N–H and O–H groups in total. The lowest BCUT2D eigenvalue weighted by Crippen LogP contribution is -2.59. The highest BCUT2D eigenvalue weighted by atomic mass is 32.2. The van der Waals surface area contributed by atoms with Crippen LogP contribution in [0.3, 0.4) is 0 Å². The van der Waals surface area contributed by atoms with Gasteiger partial charge in [0.25, 0.3) is 0 Å². The summed E-state index contributed by atoms with van der Waals surface area (Å²) in [6, 6.07) is 0.900. The molecule has 2 saturated heterocycles. The van der Waals surface area contributed by atoms with Crippen molar-refractivity contribution in [3.63, 3.8) is 0 Å². The molecular weight excluding hydrogens is 258 g/mol. The van der Waals surface area contributed by atoms with Crippen LogP contribution in [0.2, 0.25) is 0 Å². The zero-order valence-corrected chi connectivity index (χ0v) is 12.4. The van der Waals surface area contributed by atoms with Crippen molar-refractivity contribution in [2.24, 2.45) is 5.92 Å². The maximum atomic E-state index is 11.6. The van der Waals surface area contributed by atoms with Gasteiger partial charge in [-0.3, -0.25) is 9.69 Å². The lowest BCUT2D eigenvalue weighted by Gasteiger charge is -2.51. The van der Waals surface area contributed by atoms with Crippen molar-refractivity contribution in [3.05, 3.63) is 0 Å². The minimum Gasteiger partial charge on any atom is -0.480 e. The van der Waals surface area contributed by atoms with Gasteiger partial charge in [-0.1, -0.05) is 12.8 Å². The average molecular weight is 283 g/mol. The van der Waals surface area contributed by atoms with Crippen LogP contribution in [0, 0.1) is 5.92 Å². The topological polar surface area (TPSA) is 40.5 Å². The number of rotatable bonds is 2. The number of aliphatic carboxylic acids is 1. The molecule has 0 radical (unpaired) electrons. The summed E-state index contributed by atoms with van der Waals surface area (Å²) in [6.45, 7) is 0. The fourth-order valence-corrected chi connectivity index (χ4v) is 5.51. The number of fused-ring (bicyclic) bond motifs is 1. The van der Waals surface area contributed by atoms with Gasteiger partial charge < -0.3 is 5.11 Å². The SMILES string of the molecule is O=C(O)C1CCC2CCCCC2N1C1CCSCC1. The molecule has 1 saturated carbocycles. The molecule has 0 spiro atoms. The molecular formula is C15H25NO2S. The number of hydrogen-bond donors (Lipinski definition) is 1. The van der Waals surface area contributed by atoms with Crippen molar-refractivity contribution in [1.29, 1.82) is 0 Å². The van der Waals surface area contributed by atoms with E-state index in [0.29, 0.717) is 12.1 Å². The predicted octanol–water partition coefficient (Wildman–Crippen LogP) is 2.99. The van der Waals surface area contributed by atoms with Crippen LogP contribution in [0.25, 0.3) is 0 Å². The quantitative estimate of drug-likeness (QED) is 0.846. The Morgan fingerprint density at radius 3 is 2.47 bits per heavy atom. The van der Waals surface area contributed by atoms with E-state index in [-0.39, 0.29) is 6.04 Å². The summed E-state index contributed by atoms with van der Waals surface area (Å²) >= 11 is 2.03. The molecule has 3 rings (SSSR count). The first-order valence-electron chi connectivity index (χ1n) is 7.85. The fraction of sp³-hybridized carbons (Fsp3) is 0.933. The van der Waals surface area contributed by atoms with Crippen LogP contribution in [0.4, 0.5) is 0 Å². The number of likely N-dealkylation sites (tertiary alicyclic amines) is 1. The molecule has 19 heavy (non-hydrogen) atoms. The number of nitrogens with zero attached hydrogens (tertiary/aromatic N) is 1. The molecule has 0 aromatic rings. The Bertz CT molecular complexity index is 330. The van der Waals surface area contributed by atoms with Crippen molar-refractivity contribution in [3.8, 4) is 0 Å². The van der Waals surface area contributed by atoms with Crippen molar-refractivity contribution in [1.82, 2.24) is 4.90 Å². The highest BCUT2D eigenvalue weighted by Gasteiger charge is 2.44. The molecule has 3 aliphatic rings. The third kappa shape index (κ3) is 2.80. The second kappa shape index (κ2) is 6.04. The van der Waals surface area contributed by atoms with E-state index in [9.17, 15) is 9.90 Å². The molecule has 3 atom stereocenters. The number of carbonyl (C=O) groups is 1. The molecule has 0 amide bonds. The predicted molar refractivity (Wildman–Crippen MR) is 78.6 cm³/mol. The van der Waals surface area contributed by atoms with Crippen molar-refractivity contribution >= 4 is 17.7 Å². The number of carboxylic acid groups (broad SMARTS) is 1. The van der Waals surface area contributed by atoms with E-state index in [1.54, 1.807) is 0 Å². The Morgan fingerprint density at radius 1 is 1.00 bits per heavy atom. The highest BCUT2D eigenvalue weighted by molar-refractivity contribution is 7.99. The normalized spacial score (nSPS) is 37.8. The molecule has 3 nitrogen and oxygen atoms in total. The molecule has 2 heterocycles. The maximum absolute atomic E-state index is 11.6. The van der Waals surface area contributed by atoms with Gasteiger partial charge in [0, 0.05) is 12.1 Å². The van der Waals surface area contributed by atoms with Crippen LogP contribution < -0.4 is 0 Å². The zero-order valence-electron chi connectivity index (χ0n) is 11.6. The lowest BCUT2D eigenvalue weighted by atomic mass is 9.75. The number of hydrogen-bond acceptors (Lipinski definition) is 3. The second-order valence-electron chi connectivity index (χ2n) is 6.33. The van der Waals surface area contributed by atoms with Crippen molar-refractivity contribution < 1.29 is 9.90 Å². The zero-order chi connectivity index (χ0) is 13.2. The van der Waals surface area contributed by atoms with Crippen LogP contribution >= 0.6 is 11.8 Å². The van der Waals surface area contributed by atoms with Gasteiger partial charge in [-0.2, -0.15) is 11.8 Å². The fourth-order valence-electron chi connectivity index (χ4n) is 4.43. The van der Waals surface area contributed by atoms with Crippen LogP contribution in [-0.2, 0) is 4.79 Å². The summed E-state index contributed by atoms with van der Waals surface area (Å²) in [5.41, 5.74) is 0. The third-order valence-corrected chi connectivity index (χ3v) is 6.37. The molecule has 1 aliphatic carbocycles. The van der Waals surface area contributed by atoms with E-state index in [4.69, 9.17) is 0 Å². The van der Waals surface area contributed by atoms with Crippen molar-refractivity contribution in [2.75, 3.05) is 11.5 Å². The van der Waals surface area contributed by atoms with E-state index in [0.717, 1.165) is 18.8 Å². The van der Waals surface area contributed by atoms with Gasteiger partial charge in [0.15, 0.2) is 0 Å². The first kappa shape index (κ1) is 13.7. The largest absolute Gasteiger partial charge is 0.480 e. The molecule has 3 unspecified atom stereocenters. The van der Waals surface area contributed by atoms with E-state index in [1.165, 1.54) is 50.0 Å². The molecule has 0 bridgehead atoms. The van der Waals surface area contributed by atoms with Crippen LogP contribution in [0.1, 0.15) is 51.4 Å². The number of carboxylic acids is 1. The highest BCUT2D eigenvalue weighted by Crippen LogP contribution is 2.41. The average Bonchev–Trinajstić information content (AvgIpc) is 2.46. The summed E-state index contributed by atoms with van der Waals surface area (Å²) in [5.74, 6) is 2.62. The third-order valence-electron chi connectivity index (χ3n) is 5.32. The number of thioether (sulfide) groups is 1. The van der Waals surface area contributed by atoms with E-state index in [2.05, 4.69) is 4.90 Å². The minimum absolute atomic E-state index is 0.201. The summed E-state index contributed by atoms with van der Waals surface area (Å²) < 4.78 is 0. The van der Waals surface area contributed by atoms with E-state index >= 15 is 0 Å². The van der Waals surface area contributed by atoms with Gasteiger partial charge in [-0.15, -0.1) is 0 Å². The Labute approximate surface area is 120 Å². The van der Waals surface area contributed by atoms with Crippen LogP contribution in [0.5, 0.6) is 0 Å². The van der Waals surface area contributed by atoms with Gasteiger partial charge in [-0.05, 0) is 55.9 Å². The first-order chi connectivity index (χ1) is 9.27. The van der Waals surface area contributed by atoms with Gasteiger partial charge in [-0.25, -0.2) is 0 Å². The molecule has 3 fully saturated rings. The van der Waals surface area contributed by atoms with E-state index in [1.807, 2.05) is 11.8 Å². The van der Waals surface area contributed by atoms with Gasteiger partial charge in [0.05, 0.1) is 0 Å². The second-order valence-corrected chi connectivity index (χ2v) is 7.56. The maximum Gasteiger partial charge on any atom is 0.320 e. The summed E-state index contributed by atoms with van der Waals surface area (Å²) in [4.78, 5) is 14.1. The smallest absolute Gasteiger partial charge is 0.320 e. The first-order valence-corrected chi connectivity index (χ1v) is 9.01. The van der Waals surface area contributed by atoms with Crippen LogP contribution in [-0.4, -0.2) is 45.6 Å². The van der Waals surface area contributed by atoms with Gasteiger partial charge in [0.1, 0.15) is 6.04 Å². The lowest BCUT2D eigenvalue weighted by molar-refractivity contribution is -0.150. The molecule has 108 valence electrons. The van der Waals surface area contributed by atoms with Crippen LogP contribution in [0.15, 0.2) is 0 Å².